The summed E-state index contributed by atoms with van der Waals surface area (Å²) < 4.78 is 16.0. The van der Waals surface area contributed by atoms with Crippen LogP contribution in [-0.4, -0.2) is 58.4 Å². The molecule has 2 heterocycles. The van der Waals surface area contributed by atoms with Crippen LogP contribution < -0.4 is 0 Å². The molecule has 0 aromatic rings. The first kappa shape index (κ1) is 11.3. The van der Waals surface area contributed by atoms with Gasteiger partial charge in [0, 0.05) is 0 Å². The van der Waals surface area contributed by atoms with E-state index in [0.717, 1.165) is 0 Å². The van der Waals surface area contributed by atoms with Crippen molar-refractivity contribution in [2.75, 3.05) is 6.61 Å². The molecule has 0 saturated carbocycles. The number of hydrogen-bond donors (Lipinski definition) is 3. The number of ether oxygens (including phenoxy) is 3. The monoisotopic (exact) mass is 220 g/mol. The Balaban J connectivity index is 2.13. The number of aliphatic hydroxyl groups excluding tert-OH is 3. The fraction of sp³-hybridized carbons (Fsp3) is 1.00. The van der Waals surface area contributed by atoms with Crippen molar-refractivity contribution in [2.24, 2.45) is 0 Å². The molecule has 2 saturated heterocycles. The van der Waals surface area contributed by atoms with Crippen molar-refractivity contribution < 1.29 is 29.5 Å². The van der Waals surface area contributed by atoms with E-state index in [1.54, 1.807) is 13.8 Å². The third kappa shape index (κ3) is 1.89. The van der Waals surface area contributed by atoms with Gasteiger partial charge in [0.15, 0.2) is 12.1 Å². The molecule has 2 aliphatic rings. The van der Waals surface area contributed by atoms with Crippen molar-refractivity contribution in [3.05, 3.63) is 0 Å². The van der Waals surface area contributed by atoms with Crippen LogP contribution in [0.5, 0.6) is 0 Å². The van der Waals surface area contributed by atoms with Crippen LogP contribution in [0.25, 0.3) is 0 Å². The standard InChI is InChI=1S/C9H16O6/c1-9(2)14-7-6(12)5(11)4(3-10)13-8(7)15-9/h4-8,10-12H,3H2,1-2H3/t4?,5?,6?,7-,8-/m1/s1. The number of aliphatic hydroxyl groups is 3. The van der Waals surface area contributed by atoms with Gasteiger partial charge in [-0.05, 0) is 13.8 Å². The summed E-state index contributed by atoms with van der Waals surface area (Å²) in [7, 11) is 0. The van der Waals surface area contributed by atoms with Gasteiger partial charge in [-0.25, -0.2) is 0 Å². The summed E-state index contributed by atoms with van der Waals surface area (Å²) in [6, 6.07) is 0. The van der Waals surface area contributed by atoms with Crippen molar-refractivity contribution in [1.29, 1.82) is 0 Å². The zero-order valence-corrected chi connectivity index (χ0v) is 8.66. The van der Waals surface area contributed by atoms with Crippen LogP contribution in [0.3, 0.4) is 0 Å². The van der Waals surface area contributed by atoms with Crippen molar-refractivity contribution in [3.8, 4) is 0 Å². The van der Waals surface area contributed by atoms with Crippen molar-refractivity contribution in [1.82, 2.24) is 0 Å². The van der Waals surface area contributed by atoms with Crippen LogP contribution in [0, 0.1) is 0 Å². The molecule has 3 unspecified atom stereocenters. The quantitative estimate of drug-likeness (QED) is 0.502. The predicted molar refractivity (Wildman–Crippen MR) is 47.8 cm³/mol. The topological polar surface area (TPSA) is 88.4 Å². The zero-order chi connectivity index (χ0) is 11.2. The lowest BCUT2D eigenvalue weighted by Crippen LogP contribution is -2.57. The molecule has 15 heavy (non-hydrogen) atoms. The Morgan fingerprint density at radius 3 is 2.40 bits per heavy atom. The van der Waals surface area contributed by atoms with Gasteiger partial charge in [-0.1, -0.05) is 0 Å². The molecular weight excluding hydrogens is 204 g/mol. The van der Waals surface area contributed by atoms with Crippen molar-refractivity contribution in [3.63, 3.8) is 0 Å². The van der Waals surface area contributed by atoms with Crippen LogP contribution in [0.2, 0.25) is 0 Å². The summed E-state index contributed by atoms with van der Waals surface area (Å²) in [6.07, 6.45) is -4.55. The molecule has 6 nitrogen and oxygen atoms in total. The average Bonchev–Trinajstić information content (AvgIpc) is 2.47. The largest absolute Gasteiger partial charge is 0.394 e. The number of fused-ring (bicyclic) bond motifs is 1. The molecule has 0 aliphatic carbocycles. The minimum absolute atomic E-state index is 0.370. The van der Waals surface area contributed by atoms with E-state index in [2.05, 4.69) is 0 Å². The van der Waals surface area contributed by atoms with Crippen LogP contribution >= 0.6 is 0 Å². The maximum absolute atomic E-state index is 9.74. The first-order valence-electron chi connectivity index (χ1n) is 4.93. The lowest BCUT2D eigenvalue weighted by atomic mass is 9.99. The summed E-state index contributed by atoms with van der Waals surface area (Å²) in [6.45, 7) is 3.02. The van der Waals surface area contributed by atoms with Crippen molar-refractivity contribution >= 4 is 0 Å². The van der Waals surface area contributed by atoms with Crippen LogP contribution in [0.15, 0.2) is 0 Å². The van der Waals surface area contributed by atoms with Gasteiger partial charge in [-0.15, -0.1) is 0 Å². The Bertz CT molecular complexity index is 243. The molecule has 2 rings (SSSR count). The molecule has 0 bridgehead atoms. The van der Waals surface area contributed by atoms with E-state index in [4.69, 9.17) is 19.3 Å². The third-order valence-electron chi connectivity index (χ3n) is 2.64. The van der Waals surface area contributed by atoms with Gasteiger partial charge in [0.25, 0.3) is 0 Å². The normalized spacial score (nSPS) is 49.0. The Kier molecular flexibility index (Phi) is 2.74. The molecule has 5 atom stereocenters. The van der Waals surface area contributed by atoms with E-state index >= 15 is 0 Å². The lowest BCUT2D eigenvalue weighted by Gasteiger charge is -2.36. The minimum Gasteiger partial charge on any atom is -0.394 e. The summed E-state index contributed by atoms with van der Waals surface area (Å²) in [5, 5.41) is 28.3. The fourth-order valence-corrected chi connectivity index (χ4v) is 1.91. The molecule has 6 heteroatoms. The van der Waals surface area contributed by atoms with Crippen LogP contribution in [0.4, 0.5) is 0 Å². The summed E-state index contributed by atoms with van der Waals surface area (Å²) in [5.41, 5.74) is 0. The Labute approximate surface area is 87.4 Å². The van der Waals surface area contributed by atoms with Crippen LogP contribution in [0.1, 0.15) is 13.8 Å². The predicted octanol–water partition coefficient (Wildman–Crippen LogP) is -1.42. The highest BCUT2D eigenvalue weighted by Gasteiger charge is 2.53. The highest BCUT2D eigenvalue weighted by Crippen LogP contribution is 2.35. The van der Waals surface area contributed by atoms with E-state index in [-0.39, 0.29) is 6.61 Å². The molecule has 2 fully saturated rings. The highest BCUT2D eigenvalue weighted by atomic mass is 16.8. The van der Waals surface area contributed by atoms with Gasteiger partial charge in [0.2, 0.25) is 0 Å². The SMILES string of the molecule is CC1(C)O[C@H]2OC(CO)C(O)C(O)[C@H]2O1. The second-order valence-corrected chi connectivity index (χ2v) is 4.31. The number of rotatable bonds is 1. The Morgan fingerprint density at radius 1 is 1.13 bits per heavy atom. The first-order valence-corrected chi connectivity index (χ1v) is 4.93. The van der Waals surface area contributed by atoms with E-state index in [9.17, 15) is 10.2 Å². The Morgan fingerprint density at radius 2 is 1.80 bits per heavy atom. The van der Waals surface area contributed by atoms with Gasteiger partial charge >= 0.3 is 0 Å². The van der Waals surface area contributed by atoms with Gasteiger partial charge in [-0.3, -0.25) is 0 Å². The van der Waals surface area contributed by atoms with E-state index in [0.29, 0.717) is 0 Å². The first-order chi connectivity index (χ1) is 6.94. The minimum atomic E-state index is -1.16. The molecule has 3 N–H and O–H groups in total. The lowest BCUT2D eigenvalue weighted by molar-refractivity contribution is -0.256. The average molecular weight is 220 g/mol. The molecule has 0 amide bonds. The summed E-state index contributed by atoms with van der Waals surface area (Å²) in [4.78, 5) is 0. The van der Waals surface area contributed by atoms with Gasteiger partial charge in [-0.2, -0.15) is 0 Å². The zero-order valence-electron chi connectivity index (χ0n) is 8.66. The molecule has 0 radical (unpaired) electrons. The smallest absolute Gasteiger partial charge is 0.190 e. The van der Waals surface area contributed by atoms with E-state index < -0.39 is 36.5 Å². The Hall–Kier alpha value is -0.240. The molecule has 2 aliphatic heterocycles. The second-order valence-electron chi connectivity index (χ2n) is 4.31. The molecule has 0 aromatic heterocycles. The molecular formula is C9H16O6. The van der Waals surface area contributed by atoms with Gasteiger partial charge in [0.1, 0.15) is 24.4 Å². The van der Waals surface area contributed by atoms with Gasteiger partial charge < -0.3 is 29.5 Å². The maximum atomic E-state index is 9.74. The third-order valence-corrected chi connectivity index (χ3v) is 2.64. The van der Waals surface area contributed by atoms with Crippen molar-refractivity contribution in [2.45, 2.75) is 50.3 Å². The second kappa shape index (κ2) is 3.65. The van der Waals surface area contributed by atoms with Gasteiger partial charge in [0.05, 0.1) is 6.61 Å². The van der Waals surface area contributed by atoms with E-state index in [1.807, 2.05) is 0 Å². The molecule has 0 spiro atoms. The number of hydrogen-bond acceptors (Lipinski definition) is 6. The molecule has 88 valence electrons. The summed E-state index contributed by atoms with van der Waals surface area (Å²) in [5.74, 6) is -0.847. The maximum Gasteiger partial charge on any atom is 0.190 e. The molecule has 0 aromatic carbocycles. The van der Waals surface area contributed by atoms with Crippen LogP contribution in [-0.2, 0) is 14.2 Å². The van der Waals surface area contributed by atoms with E-state index in [1.165, 1.54) is 0 Å². The fourth-order valence-electron chi connectivity index (χ4n) is 1.91. The highest BCUT2D eigenvalue weighted by molar-refractivity contribution is 4.93. The summed E-state index contributed by atoms with van der Waals surface area (Å²) >= 11 is 0.